The van der Waals surface area contributed by atoms with E-state index in [1.54, 1.807) is 24.3 Å². The number of rotatable bonds is 6. The van der Waals surface area contributed by atoms with Gasteiger partial charge in [0, 0.05) is 23.8 Å². The molecule has 0 radical (unpaired) electrons. The van der Waals surface area contributed by atoms with Crippen LogP contribution < -0.4 is 5.32 Å². The molecule has 4 aromatic carbocycles. The quantitative estimate of drug-likeness (QED) is 0.195. The SMILES string of the molecule is FC(F)(F)c1ccc(CNc2cccc(-c3c(Cc4ccccc4)cnc4c(C(F)(F)F)cccc34)c2)c(C(F)(F)F)c1. The summed E-state index contributed by atoms with van der Waals surface area (Å²) >= 11 is 0. The molecule has 0 spiro atoms. The van der Waals surface area contributed by atoms with Crippen LogP contribution in [0, 0.1) is 0 Å². The lowest BCUT2D eigenvalue weighted by molar-refractivity contribution is -0.143. The topological polar surface area (TPSA) is 24.9 Å². The van der Waals surface area contributed by atoms with E-state index in [1.807, 2.05) is 30.3 Å². The molecule has 1 aromatic heterocycles. The van der Waals surface area contributed by atoms with Crippen LogP contribution in [0.2, 0.25) is 0 Å². The first-order valence-electron chi connectivity index (χ1n) is 12.8. The molecule has 0 saturated carbocycles. The van der Waals surface area contributed by atoms with Gasteiger partial charge in [0.15, 0.2) is 0 Å². The average molecular weight is 605 g/mol. The molecule has 5 rings (SSSR count). The molecule has 0 aliphatic heterocycles. The van der Waals surface area contributed by atoms with Crippen LogP contribution in [0.25, 0.3) is 22.0 Å². The molecule has 0 bridgehead atoms. The number of nitrogens with one attached hydrogen (secondary N) is 1. The Morgan fingerprint density at radius 2 is 1.30 bits per heavy atom. The first-order valence-corrected chi connectivity index (χ1v) is 12.8. The molecule has 0 unspecified atom stereocenters. The molecular formula is C32H21F9N2. The third kappa shape index (κ3) is 6.60. The summed E-state index contributed by atoms with van der Waals surface area (Å²) in [5, 5.41) is 3.06. The summed E-state index contributed by atoms with van der Waals surface area (Å²) in [5.74, 6) is 0. The van der Waals surface area contributed by atoms with E-state index in [-0.39, 0.29) is 17.0 Å². The minimum atomic E-state index is -5.03. The van der Waals surface area contributed by atoms with Gasteiger partial charge in [0.2, 0.25) is 0 Å². The number of anilines is 1. The monoisotopic (exact) mass is 604 g/mol. The second-order valence-corrected chi connectivity index (χ2v) is 9.82. The maximum Gasteiger partial charge on any atom is 0.418 e. The smallest absolute Gasteiger partial charge is 0.381 e. The highest BCUT2D eigenvalue weighted by Gasteiger charge is 2.38. The Morgan fingerprint density at radius 1 is 0.605 bits per heavy atom. The number of alkyl halides is 9. The van der Waals surface area contributed by atoms with Crippen LogP contribution in [0.3, 0.4) is 0 Å². The zero-order valence-electron chi connectivity index (χ0n) is 22.0. The van der Waals surface area contributed by atoms with Crippen molar-refractivity contribution in [3.8, 4) is 11.1 Å². The predicted octanol–water partition coefficient (Wildman–Crippen LogP) is 10.2. The summed E-state index contributed by atoms with van der Waals surface area (Å²) in [6.07, 6.45) is -12.9. The van der Waals surface area contributed by atoms with E-state index >= 15 is 0 Å². The number of aromatic nitrogens is 1. The normalized spacial score (nSPS) is 12.5. The average Bonchev–Trinajstić information content (AvgIpc) is 2.94. The van der Waals surface area contributed by atoms with Crippen molar-refractivity contribution in [1.29, 1.82) is 0 Å². The Bertz CT molecular complexity index is 1760. The zero-order chi connectivity index (χ0) is 31.0. The summed E-state index contributed by atoms with van der Waals surface area (Å²) in [6, 6.07) is 20.7. The third-order valence-corrected chi connectivity index (χ3v) is 6.90. The fourth-order valence-electron chi connectivity index (χ4n) is 4.94. The Morgan fingerprint density at radius 3 is 1.98 bits per heavy atom. The number of fused-ring (bicyclic) bond motifs is 1. The Kier molecular flexibility index (Phi) is 7.85. The molecule has 2 nitrogen and oxygen atoms in total. The van der Waals surface area contributed by atoms with Crippen molar-refractivity contribution in [2.75, 3.05) is 5.32 Å². The van der Waals surface area contributed by atoms with Crippen molar-refractivity contribution in [3.63, 3.8) is 0 Å². The van der Waals surface area contributed by atoms with Crippen LogP contribution >= 0.6 is 0 Å². The van der Waals surface area contributed by atoms with E-state index in [9.17, 15) is 39.5 Å². The van der Waals surface area contributed by atoms with E-state index in [0.717, 1.165) is 17.7 Å². The van der Waals surface area contributed by atoms with Gasteiger partial charge in [-0.2, -0.15) is 39.5 Å². The number of benzene rings is 4. The van der Waals surface area contributed by atoms with Gasteiger partial charge in [0.05, 0.1) is 22.2 Å². The van der Waals surface area contributed by atoms with Gasteiger partial charge in [-0.3, -0.25) is 4.98 Å². The highest BCUT2D eigenvalue weighted by Crippen LogP contribution is 2.40. The number of para-hydroxylation sites is 1. The first kappa shape index (κ1) is 29.9. The molecule has 1 heterocycles. The van der Waals surface area contributed by atoms with Crippen LogP contribution in [0.4, 0.5) is 45.2 Å². The van der Waals surface area contributed by atoms with E-state index in [2.05, 4.69) is 10.3 Å². The van der Waals surface area contributed by atoms with Crippen molar-refractivity contribution in [2.45, 2.75) is 31.5 Å². The molecular weight excluding hydrogens is 583 g/mol. The summed E-state index contributed by atoms with van der Waals surface area (Å²) < 4.78 is 122. The summed E-state index contributed by atoms with van der Waals surface area (Å²) in [6.45, 7) is -0.456. The van der Waals surface area contributed by atoms with Crippen LogP contribution in [0.15, 0.2) is 97.2 Å². The molecule has 0 atom stereocenters. The van der Waals surface area contributed by atoms with Gasteiger partial charge in [-0.1, -0.05) is 60.7 Å². The second-order valence-electron chi connectivity index (χ2n) is 9.82. The molecule has 43 heavy (non-hydrogen) atoms. The number of nitrogens with zero attached hydrogens (tertiary/aromatic N) is 1. The first-order chi connectivity index (χ1) is 20.2. The number of hydrogen-bond acceptors (Lipinski definition) is 2. The van der Waals surface area contributed by atoms with Crippen molar-refractivity contribution >= 4 is 16.6 Å². The van der Waals surface area contributed by atoms with E-state index in [1.165, 1.54) is 18.3 Å². The lowest BCUT2D eigenvalue weighted by Crippen LogP contribution is -2.15. The van der Waals surface area contributed by atoms with E-state index in [4.69, 9.17) is 0 Å². The number of pyridine rings is 1. The fraction of sp³-hybridized carbons (Fsp3) is 0.156. The van der Waals surface area contributed by atoms with Crippen LogP contribution in [-0.2, 0) is 31.5 Å². The molecule has 5 aromatic rings. The highest BCUT2D eigenvalue weighted by atomic mass is 19.4. The van der Waals surface area contributed by atoms with Crippen molar-refractivity contribution < 1.29 is 39.5 Å². The number of hydrogen-bond donors (Lipinski definition) is 1. The lowest BCUT2D eigenvalue weighted by Gasteiger charge is -2.18. The minimum absolute atomic E-state index is 0.0740. The molecule has 0 amide bonds. The summed E-state index contributed by atoms with van der Waals surface area (Å²) in [7, 11) is 0. The maximum absolute atomic E-state index is 13.8. The van der Waals surface area contributed by atoms with Crippen LogP contribution in [-0.4, -0.2) is 4.98 Å². The van der Waals surface area contributed by atoms with Gasteiger partial charge in [-0.15, -0.1) is 0 Å². The van der Waals surface area contributed by atoms with Gasteiger partial charge in [-0.25, -0.2) is 0 Å². The van der Waals surface area contributed by atoms with Crippen molar-refractivity contribution in [1.82, 2.24) is 4.98 Å². The van der Waals surface area contributed by atoms with Gasteiger partial charge >= 0.3 is 18.5 Å². The molecule has 0 aliphatic rings. The summed E-state index contributed by atoms with van der Waals surface area (Å²) in [5.41, 5.74) is -1.64. The molecule has 0 aliphatic carbocycles. The van der Waals surface area contributed by atoms with E-state index in [0.29, 0.717) is 34.9 Å². The molecule has 11 heteroatoms. The number of halogens is 9. The third-order valence-electron chi connectivity index (χ3n) is 6.90. The van der Waals surface area contributed by atoms with Gasteiger partial charge < -0.3 is 5.32 Å². The zero-order valence-corrected chi connectivity index (χ0v) is 22.0. The Balaban J connectivity index is 1.56. The summed E-state index contributed by atoms with van der Waals surface area (Å²) in [4.78, 5) is 4.16. The maximum atomic E-state index is 13.8. The van der Waals surface area contributed by atoms with Gasteiger partial charge in [-0.05, 0) is 64.6 Å². The molecule has 1 N–H and O–H groups in total. The van der Waals surface area contributed by atoms with Crippen molar-refractivity contribution in [3.05, 3.63) is 131 Å². The Hall–Kier alpha value is -4.54. The lowest BCUT2D eigenvalue weighted by atomic mass is 9.91. The minimum Gasteiger partial charge on any atom is -0.381 e. The van der Waals surface area contributed by atoms with Crippen LogP contribution in [0.1, 0.15) is 33.4 Å². The van der Waals surface area contributed by atoms with Crippen LogP contribution in [0.5, 0.6) is 0 Å². The van der Waals surface area contributed by atoms with Gasteiger partial charge in [0.25, 0.3) is 0 Å². The van der Waals surface area contributed by atoms with E-state index < -0.39 is 47.3 Å². The van der Waals surface area contributed by atoms with Crippen molar-refractivity contribution in [2.24, 2.45) is 0 Å². The van der Waals surface area contributed by atoms with Gasteiger partial charge in [0.1, 0.15) is 0 Å². The Labute approximate surface area is 239 Å². The molecule has 0 fully saturated rings. The predicted molar refractivity (Wildman–Crippen MR) is 145 cm³/mol. The second kappa shape index (κ2) is 11.3. The standard InChI is InChI=1S/C32H21F9N2/c33-30(34,35)23-13-12-21(27(16-23)32(39,40)41)17-42-24-9-4-8-20(15-24)28-22(14-19-6-2-1-3-7-19)18-43-29-25(28)10-5-11-26(29)31(36,37)38/h1-13,15-16,18,42H,14,17H2. The molecule has 222 valence electrons. The highest BCUT2D eigenvalue weighted by molar-refractivity contribution is 5.98. The fourth-order valence-corrected chi connectivity index (χ4v) is 4.94. The molecule has 0 saturated heterocycles. The largest absolute Gasteiger partial charge is 0.418 e.